The Morgan fingerprint density at radius 1 is 1.29 bits per heavy atom. The molecule has 5 heteroatoms. The highest BCUT2D eigenvalue weighted by Crippen LogP contribution is 2.31. The van der Waals surface area contributed by atoms with Crippen LogP contribution in [0.4, 0.5) is 0 Å². The van der Waals surface area contributed by atoms with Crippen molar-refractivity contribution < 1.29 is 9.26 Å². The Morgan fingerprint density at radius 3 is 2.67 bits per heavy atom. The second kappa shape index (κ2) is 7.34. The van der Waals surface area contributed by atoms with Gasteiger partial charge in [0.2, 0.25) is 11.7 Å². The first-order valence-corrected chi connectivity index (χ1v) is 8.93. The third-order valence-corrected chi connectivity index (χ3v) is 4.66. The molecule has 1 aromatic carbocycles. The van der Waals surface area contributed by atoms with Crippen LogP contribution in [-0.4, -0.2) is 22.8 Å². The number of hydrogen-bond donors (Lipinski definition) is 1. The Labute approximate surface area is 143 Å². The molecular formula is C19H27N3O2. The third-order valence-electron chi connectivity index (χ3n) is 4.66. The molecule has 1 saturated heterocycles. The SMILES string of the molecule is CC[C@H](C)Oc1c(C)cc(-c2noc([C@@H]3CCCCN3)n2)cc1C. The molecule has 130 valence electrons. The van der Waals surface area contributed by atoms with Gasteiger partial charge in [-0.1, -0.05) is 18.5 Å². The minimum absolute atomic E-state index is 0.190. The molecule has 5 nitrogen and oxygen atoms in total. The lowest BCUT2D eigenvalue weighted by atomic mass is 10.0. The molecule has 0 spiro atoms. The molecule has 1 aliphatic heterocycles. The van der Waals surface area contributed by atoms with Crippen molar-refractivity contribution in [3.8, 4) is 17.1 Å². The van der Waals surface area contributed by atoms with Crippen molar-refractivity contribution in [3.05, 3.63) is 29.2 Å². The van der Waals surface area contributed by atoms with E-state index in [1.165, 1.54) is 12.8 Å². The highest BCUT2D eigenvalue weighted by molar-refractivity contribution is 5.61. The first kappa shape index (κ1) is 17.0. The number of benzene rings is 1. The summed E-state index contributed by atoms with van der Waals surface area (Å²) in [5.41, 5.74) is 3.19. The van der Waals surface area contributed by atoms with Crippen LogP contribution in [0.1, 0.15) is 62.6 Å². The average Bonchev–Trinajstić information content (AvgIpc) is 3.08. The predicted octanol–water partition coefficient (Wildman–Crippen LogP) is 4.35. The molecular weight excluding hydrogens is 302 g/mol. The van der Waals surface area contributed by atoms with Crippen LogP contribution >= 0.6 is 0 Å². The average molecular weight is 329 g/mol. The summed E-state index contributed by atoms with van der Waals surface area (Å²) in [5.74, 6) is 2.31. The van der Waals surface area contributed by atoms with Crippen molar-refractivity contribution in [1.82, 2.24) is 15.5 Å². The molecule has 2 heterocycles. The van der Waals surface area contributed by atoms with E-state index >= 15 is 0 Å². The number of nitrogens with zero attached hydrogens (tertiary/aromatic N) is 2. The smallest absolute Gasteiger partial charge is 0.244 e. The van der Waals surface area contributed by atoms with Crippen LogP contribution in [-0.2, 0) is 0 Å². The highest BCUT2D eigenvalue weighted by Gasteiger charge is 2.22. The fourth-order valence-electron chi connectivity index (χ4n) is 3.11. The van der Waals surface area contributed by atoms with Gasteiger partial charge >= 0.3 is 0 Å². The monoisotopic (exact) mass is 329 g/mol. The number of aryl methyl sites for hydroxylation is 2. The van der Waals surface area contributed by atoms with Gasteiger partial charge in [0.05, 0.1) is 12.1 Å². The molecule has 1 aliphatic rings. The number of aromatic nitrogens is 2. The number of hydrogen-bond acceptors (Lipinski definition) is 5. The third kappa shape index (κ3) is 3.61. The molecule has 0 unspecified atom stereocenters. The predicted molar refractivity (Wildman–Crippen MR) is 94.2 cm³/mol. The van der Waals surface area contributed by atoms with E-state index < -0.39 is 0 Å². The van der Waals surface area contributed by atoms with Crippen LogP contribution in [0.5, 0.6) is 5.75 Å². The van der Waals surface area contributed by atoms with Gasteiger partial charge in [-0.05, 0) is 69.8 Å². The Balaban J connectivity index is 1.83. The Bertz CT molecular complexity index is 667. The highest BCUT2D eigenvalue weighted by atomic mass is 16.5. The second-order valence-corrected chi connectivity index (χ2v) is 6.73. The minimum atomic E-state index is 0.190. The molecule has 1 aromatic heterocycles. The van der Waals surface area contributed by atoms with Gasteiger partial charge in [0.1, 0.15) is 5.75 Å². The normalized spacial score (nSPS) is 19.2. The lowest BCUT2D eigenvalue weighted by Crippen LogP contribution is -2.26. The van der Waals surface area contributed by atoms with E-state index in [0.717, 1.165) is 41.8 Å². The zero-order chi connectivity index (χ0) is 17.1. The summed E-state index contributed by atoms with van der Waals surface area (Å²) < 4.78 is 11.5. The van der Waals surface area contributed by atoms with Crippen LogP contribution in [0.3, 0.4) is 0 Å². The summed E-state index contributed by atoms with van der Waals surface area (Å²) in [5, 5.41) is 7.63. The topological polar surface area (TPSA) is 60.2 Å². The molecule has 3 rings (SSSR count). The Kier molecular flexibility index (Phi) is 5.19. The fraction of sp³-hybridized carbons (Fsp3) is 0.579. The van der Waals surface area contributed by atoms with Crippen LogP contribution in [0.15, 0.2) is 16.7 Å². The van der Waals surface area contributed by atoms with Crippen molar-refractivity contribution in [2.24, 2.45) is 0 Å². The summed E-state index contributed by atoms with van der Waals surface area (Å²) >= 11 is 0. The zero-order valence-electron chi connectivity index (χ0n) is 15.1. The number of ether oxygens (including phenoxy) is 1. The molecule has 0 radical (unpaired) electrons. The van der Waals surface area contributed by atoms with E-state index in [2.05, 4.69) is 55.3 Å². The van der Waals surface area contributed by atoms with Gasteiger partial charge in [-0.15, -0.1) is 0 Å². The van der Waals surface area contributed by atoms with Crippen molar-refractivity contribution in [1.29, 1.82) is 0 Å². The first-order valence-electron chi connectivity index (χ1n) is 8.93. The number of piperidine rings is 1. The number of rotatable bonds is 5. The van der Waals surface area contributed by atoms with Crippen molar-refractivity contribution >= 4 is 0 Å². The van der Waals surface area contributed by atoms with Crippen molar-refractivity contribution in [3.63, 3.8) is 0 Å². The van der Waals surface area contributed by atoms with Gasteiger partial charge in [-0.3, -0.25) is 0 Å². The van der Waals surface area contributed by atoms with Gasteiger partial charge in [0.25, 0.3) is 0 Å². The maximum atomic E-state index is 6.04. The van der Waals surface area contributed by atoms with Crippen LogP contribution in [0.25, 0.3) is 11.4 Å². The minimum Gasteiger partial charge on any atom is -0.490 e. The molecule has 0 saturated carbocycles. The molecule has 24 heavy (non-hydrogen) atoms. The van der Waals surface area contributed by atoms with Crippen molar-refractivity contribution in [2.75, 3.05) is 6.54 Å². The van der Waals surface area contributed by atoms with E-state index in [4.69, 9.17) is 9.26 Å². The summed E-state index contributed by atoms with van der Waals surface area (Å²) in [6.07, 6.45) is 4.68. The van der Waals surface area contributed by atoms with Crippen LogP contribution in [0.2, 0.25) is 0 Å². The van der Waals surface area contributed by atoms with Crippen LogP contribution in [0, 0.1) is 13.8 Å². The Morgan fingerprint density at radius 2 is 2.04 bits per heavy atom. The maximum absolute atomic E-state index is 6.04. The standard InChI is InChI=1S/C19H27N3O2/c1-5-14(4)23-17-12(2)10-15(11-13(17)3)18-21-19(24-22-18)16-8-6-7-9-20-16/h10-11,14,16,20H,5-9H2,1-4H3/t14-,16-/m0/s1. The van der Waals surface area contributed by atoms with Gasteiger partial charge in [0, 0.05) is 5.56 Å². The lowest BCUT2D eigenvalue weighted by molar-refractivity contribution is 0.214. The van der Waals surface area contributed by atoms with E-state index in [-0.39, 0.29) is 12.1 Å². The Hall–Kier alpha value is -1.88. The molecule has 2 aromatic rings. The number of nitrogens with one attached hydrogen (secondary N) is 1. The van der Waals surface area contributed by atoms with E-state index in [1.807, 2.05) is 0 Å². The second-order valence-electron chi connectivity index (χ2n) is 6.73. The quantitative estimate of drug-likeness (QED) is 0.884. The molecule has 2 atom stereocenters. The molecule has 0 bridgehead atoms. The molecule has 1 fully saturated rings. The molecule has 0 aliphatic carbocycles. The van der Waals surface area contributed by atoms with Gasteiger partial charge in [0.15, 0.2) is 0 Å². The fourth-order valence-corrected chi connectivity index (χ4v) is 3.11. The summed E-state index contributed by atoms with van der Waals surface area (Å²) in [6, 6.07) is 4.34. The lowest BCUT2D eigenvalue weighted by Gasteiger charge is -2.19. The molecule has 1 N–H and O–H groups in total. The van der Waals surface area contributed by atoms with Gasteiger partial charge < -0.3 is 14.6 Å². The van der Waals surface area contributed by atoms with Crippen LogP contribution < -0.4 is 10.1 Å². The van der Waals surface area contributed by atoms with E-state index in [9.17, 15) is 0 Å². The summed E-state index contributed by atoms with van der Waals surface area (Å²) in [6.45, 7) is 9.37. The molecule has 0 amide bonds. The first-order chi connectivity index (χ1) is 11.6. The van der Waals surface area contributed by atoms with Gasteiger partial charge in [-0.25, -0.2) is 0 Å². The zero-order valence-corrected chi connectivity index (χ0v) is 15.1. The largest absolute Gasteiger partial charge is 0.490 e. The van der Waals surface area contributed by atoms with E-state index in [0.29, 0.717) is 11.7 Å². The van der Waals surface area contributed by atoms with E-state index in [1.54, 1.807) is 0 Å². The van der Waals surface area contributed by atoms with Gasteiger partial charge in [-0.2, -0.15) is 4.98 Å². The maximum Gasteiger partial charge on any atom is 0.244 e. The van der Waals surface area contributed by atoms with Crippen molar-refractivity contribution in [2.45, 2.75) is 65.5 Å². The summed E-state index contributed by atoms with van der Waals surface area (Å²) in [7, 11) is 0. The summed E-state index contributed by atoms with van der Waals surface area (Å²) in [4.78, 5) is 4.61.